The standard InChI is InChI=1S/C10H5BrCl2FN3/c11-6-3-5(14)1-2-8(6)16-9-7(12)4-15-10(13)17-9/h1-4H,(H,15,16,17). The van der Waals surface area contributed by atoms with Crippen LogP contribution in [-0.4, -0.2) is 9.97 Å². The van der Waals surface area contributed by atoms with Crippen molar-refractivity contribution in [2.45, 2.75) is 0 Å². The molecule has 0 aliphatic carbocycles. The Morgan fingerprint density at radius 1 is 1.29 bits per heavy atom. The van der Waals surface area contributed by atoms with E-state index in [1.54, 1.807) is 6.07 Å². The molecule has 1 N–H and O–H groups in total. The summed E-state index contributed by atoms with van der Waals surface area (Å²) in [5.74, 6) is 0.0215. The number of aromatic nitrogens is 2. The van der Waals surface area contributed by atoms with Crippen LogP contribution in [-0.2, 0) is 0 Å². The van der Waals surface area contributed by atoms with Crippen LogP contribution in [0.4, 0.5) is 15.9 Å². The van der Waals surface area contributed by atoms with Crippen LogP contribution in [0.15, 0.2) is 28.9 Å². The fourth-order valence-corrected chi connectivity index (χ4v) is 1.87. The summed E-state index contributed by atoms with van der Waals surface area (Å²) >= 11 is 14.8. The SMILES string of the molecule is Fc1ccc(Nc2nc(Cl)ncc2Cl)c(Br)c1. The van der Waals surface area contributed by atoms with Gasteiger partial charge in [-0.2, -0.15) is 4.98 Å². The molecule has 1 heterocycles. The summed E-state index contributed by atoms with van der Waals surface area (Å²) in [5.41, 5.74) is 0.628. The molecule has 3 nitrogen and oxygen atoms in total. The van der Waals surface area contributed by atoms with Crippen LogP contribution in [0, 0.1) is 5.82 Å². The number of nitrogens with one attached hydrogen (secondary N) is 1. The van der Waals surface area contributed by atoms with Gasteiger partial charge in [0.1, 0.15) is 10.8 Å². The van der Waals surface area contributed by atoms with Crippen LogP contribution < -0.4 is 5.32 Å². The molecule has 88 valence electrons. The van der Waals surface area contributed by atoms with Crippen molar-refractivity contribution in [3.05, 3.63) is 45.0 Å². The third-order valence-corrected chi connectivity index (χ3v) is 3.01. The summed E-state index contributed by atoms with van der Waals surface area (Å²) in [7, 11) is 0. The van der Waals surface area contributed by atoms with Crippen LogP contribution in [0.5, 0.6) is 0 Å². The second-order valence-corrected chi connectivity index (χ2v) is 4.68. The fraction of sp³-hybridized carbons (Fsp3) is 0. The zero-order valence-corrected chi connectivity index (χ0v) is 11.3. The first-order valence-electron chi connectivity index (χ1n) is 4.46. The number of hydrogen-bond donors (Lipinski definition) is 1. The molecule has 0 aliphatic heterocycles. The van der Waals surface area contributed by atoms with Crippen LogP contribution >= 0.6 is 39.1 Å². The first-order valence-corrected chi connectivity index (χ1v) is 6.01. The molecule has 0 bridgehead atoms. The van der Waals surface area contributed by atoms with Crippen molar-refractivity contribution in [1.29, 1.82) is 0 Å². The molecule has 0 saturated heterocycles. The fourth-order valence-electron chi connectivity index (χ4n) is 1.15. The van der Waals surface area contributed by atoms with E-state index in [2.05, 4.69) is 31.2 Å². The number of halogens is 4. The minimum absolute atomic E-state index is 0.0788. The average Bonchev–Trinajstić information content (AvgIpc) is 2.27. The molecule has 1 aromatic carbocycles. The van der Waals surface area contributed by atoms with Crippen LogP contribution in [0.1, 0.15) is 0 Å². The van der Waals surface area contributed by atoms with Crippen molar-refractivity contribution in [2.24, 2.45) is 0 Å². The lowest BCUT2D eigenvalue weighted by Gasteiger charge is -2.09. The minimum atomic E-state index is -0.339. The Morgan fingerprint density at radius 3 is 2.76 bits per heavy atom. The van der Waals surface area contributed by atoms with Gasteiger partial charge in [-0.3, -0.25) is 0 Å². The highest BCUT2D eigenvalue weighted by Crippen LogP contribution is 2.29. The quantitative estimate of drug-likeness (QED) is 0.824. The molecule has 0 spiro atoms. The summed E-state index contributed by atoms with van der Waals surface area (Å²) < 4.78 is 13.5. The lowest BCUT2D eigenvalue weighted by atomic mass is 10.3. The van der Waals surface area contributed by atoms with E-state index in [0.717, 1.165) is 0 Å². The van der Waals surface area contributed by atoms with Crippen molar-refractivity contribution >= 4 is 50.6 Å². The van der Waals surface area contributed by atoms with Gasteiger partial charge in [-0.25, -0.2) is 9.37 Å². The molecule has 0 radical (unpaired) electrons. The van der Waals surface area contributed by atoms with Gasteiger partial charge in [0.15, 0.2) is 5.82 Å². The second-order valence-electron chi connectivity index (χ2n) is 3.08. The van der Waals surface area contributed by atoms with Crippen LogP contribution in [0.3, 0.4) is 0 Å². The molecule has 2 rings (SSSR count). The maximum absolute atomic E-state index is 12.9. The number of nitrogens with zero attached hydrogens (tertiary/aromatic N) is 2. The largest absolute Gasteiger partial charge is 0.338 e. The molecule has 0 amide bonds. The molecule has 17 heavy (non-hydrogen) atoms. The number of anilines is 2. The van der Waals surface area contributed by atoms with Gasteiger partial charge in [0.05, 0.1) is 11.9 Å². The lowest BCUT2D eigenvalue weighted by molar-refractivity contribution is 0.627. The van der Waals surface area contributed by atoms with E-state index in [0.29, 0.717) is 21.0 Å². The second kappa shape index (κ2) is 5.16. The molecule has 0 atom stereocenters. The van der Waals surface area contributed by atoms with Crippen molar-refractivity contribution in [3.63, 3.8) is 0 Å². The first-order chi connectivity index (χ1) is 8.06. The molecule has 0 fully saturated rings. The highest BCUT2D eigenvalue weighted by atomic mass is 79.9. The topological polar surface area (TPSA) is 37.8 Å². The smallest absolute Gasteiger partial charge is 0.224 e. The Balaban J connectivity index is 2.34. The predicted octanol–water partition coefficient (Wildman–Crippen LogP) is 4.43. The number of rotatable bonds is 2. The summed E-state index contributed by atoms with van der Waals surface area (Å²) in [6.45, 7) is 0. The van der Waals surface area contributed by atoms with E-state index in [9.17, 15) is 4.39 Å². The van der Waals surface area contributed by atoms with Gasteiger partial charge in [0.25, 0.3) is 0 Å². The van der Waals surface area contributed by atoms with E-state index >= 15 is 0 Å². The van der Waals surface area contributed by atoms with E-state index in [1.165, 1.54) is 18.3 Å². The zero-order valence-electron chi connectivity index (χ0n) is 8.22. The molecule has 0 unspecified atom stereocenters. The molecule has 0 aliphatic rings. The number of hydrogen-bond acceptors (Lipinski definition) is 3. The highest BCUT2D eigenvalue weighted by molar-refractivity contribution is 9.10. The Bertz CT molecular complexity index is 565. The number of benzene rings is 1. The monoisotopic (exact) mass is 335 g/mol. The third kappa shape index (κ3) is 3.06. The van der Waals surface area contributed by atoms with Crippen molar-refractivity contribution in [2.75, 3.05) is 5.32 Å². The van der Waals surface area contributed by atoms with E-state index in [-0.39, 0.29) is 11.1 Å². The van der Waals surface area contributed by atoms with Gasteiger partial charge < -0.3 is 5.32 Å². The Morgan fingerprint density at radius 2 is 2.06 bits per heavy atom. The maximum Gasteiger partial charge on any atom is 0.224 e. The van der Waals surface area contributed by atoms with Gasteiger partial charge in [-0.05, 0) is 45.7 Å². The summed E-state index contributed by atoms with van der Waals surface area (Å²) in [6, 6.07) is 4.22. The van der Waals surface area contributed by atoms with E-state index in [1.807, 2.05) is 0 Å². The minimum Gasteiger partial charge on any atom is -0.338 e. The van der Waals surface area contributed by atoms with Crippen LogP contribution in [0.2, 0.25) is 10.3 Å². The first kappa shape index (κ1) is 12.5. The Hall–Kier alpha value is -0.910. The van der Waals surface area contributed by atoms with Crippen molar-refractivity contribution in [1.82, 2.24) is 9.97 Å². The van der Waals surface area contributed by atoms with Gasteiger partial charge in [-0.1, -0.05) is 11.6 Å². The highest BCUT2D eigenvalue weighted by Gasteiger charge is 2.07. The average molecular weight is 337 g/mol. The van der Waals surface area contributed by atoms with E-state index in [4.69, 9.17) is 23.2 Å². The summed E-state index contributed by atoms with van der Waals surface area (Å²) in [4.78, 5) is 7.66. The molecular weight excluding hydrogens is 332 g/mol. The Kier molecular flexibility index (Phi) is 3.81. The third-order valence-electron chi connectivity index (χ3n) is 1.90. The molecule has 1 aromatic heterocycles. The van der Waals surface area contributed by atoms with Crippen LogP contribution in [0.25, 0.3) is 0 Å². The zero-order chi connectivity index (χ0) is 12.4. The van der Waals surface area contributed by atoms with Crippen molar-refractivity contribution < 1.29 is 4.39 Å². The van der Waals surface area contributed by atoms with Gasteiger partial charge in [-0.15, -0.1) is 0 Å². The van der Waals surface area contributed by atoms with E-state index < -0.39 is 0 Å². The maximum atomic E-state index is 12.9. The van der Waals surface area contributed by atoms with Gasteiger partial charge in [0.2, 0.25) is 5.28 Å². The molecule has 2 aromatic rings. The summed E-state index contributed by atoms with van der Waals surface area (Å²) in [5, 5.41) is 3.33. The summed E-state index contributed by atoms with van der Waals surface area (Å²) in [6.07, 6.45) is 1.39. The lowest BCUT2D eigenvalue weighted by Crippen LogP contribution is -1.97. The van der Waals surface area contributed by atoms with Gasteiger partial charge >= 0.3 is 0 Å². The molecule has 0 saturated carbocycles. The predicted molar refractivity (Wildman–Crippen MR) is 69.4 cm³/mol. The molecular formula is C10H5BrCl2FN3. The Labute approximate surface area is 115 Å². The molecule has 7 heteroatoms. The normalized spacial score (nSPS) is 10.4. The van der Waals surface area contributed by atoms with Crippen molar-refractivity contribution in [3.8, 4) is 0 Å². The van der Waals surface area contributed by atoms with Gasteiger partial charge in [0, 0.05) is 4.47 Å².